The third-order valence-corrected chi connectivity index (χ3v) is 10.1. The maximum absolute atomic E-state index is 13.6. The van der Waals surface area contributed by atoms with E-state index in [9.17, 15) is 19.8 Å². The predicted octanol–water partition coefficient (Wildman–Crippen LogP) is 6.51. The zero-order valence-electron chi connectivity index (χ0n) is 27.3. The van der Waals surface area contributed by atoms with Crippen LogP contribution in [0.1, 0.15) is 92.1 Å². The predicted molar refractivity (Wildman–Crippen MR) is 180 cm³/mol. The molecule has 0 radical (unpaired) electrons. The highest BCUT2D eigenvalue weighted by atomic mass is 32.2. The summed E-state index contributed by atoms with van der Waals surface area (Å²) in [6.45, 7) is 12.5. The third kappa shape index (κ3) is 11.7. The van der Waals surface area contributed by atoms with Crippen LogP contribution in [0, 0.1) is 23.7 Å². The van der Waals surface area contributed by atoms with Crippen molar-refractivity contribution >= 4 is 34.3 Å². The van der Waals surface area contributed by atoms with Gasteiger partial charge in [0.2, 0.25) is 11.8 Å². The molecule has 2 aromatic rings. The molecule has 5 atom stereocenters. The van der Waals surface area contributed by atoms with Crippen LogP contribution in [-0.4, -0.2) is 57.3 Å². The molecule has 1 aliphatic carbocycles. The van der Waals surface area contributed by atoms with Gasteiger partial charge in [0.25, 0.3) is 0 Å². The molecule has 2 aromatic carbocycles. The van der Waals surface area contributed by atoms with Crippen LogP contribution in [0.15, 0.2) is 42.5 Å². The Morgan fingerprint density at radius 2 is 1.63 bits per heavy atom. The molecule has 1 aliphatic rings. The number of benzene rings is 2. The van der Waals surface area contributed by atoms with Gasteiger partial charge in [0, 0.05) is 17.0 Å². The summed E-state index contributed by atoms with van der Waals surface area (Å²) < 4.78 is 0.0266. The van der Waals surface area contributed by atoms with Crippen LogP contribution in [0.5, 0.6) is 0 Å². The highest BCUT2D eigenvalue weighted by Gasteiger charge is 2.32. The molecule has 0 heterocycles. The van der Waals surface area contributed by atoms with Gasteiger partial charge < -0.3 is 20.8 Å². The summed E-state index contributed by atoms with van der Waals surface area (Å²) in [5, 5.41) is 30.3. The fourth-order valence-electron chi connectivity index (χ4n) is 6.09. The summed E-state index contributed by atoms with van der Waals surface area (Å²) in [5.74, 6) is 0.399. The first-order chi connectivity index (χ1) is 20.3. The van der Waals surface area contributed by atoms with Crippen molar-refractivity contribution < 1.29 is 19.8 Å². The molecule has 240 valence electrons. The first-order valence-corrected chi connectivity index (χ1v) is 17.4. The van der Waals surface area contributed by atoms with Crippen molar-refractivity contribution in [1.82, 2.24) is 10.6 Å². The van der Waals surface area contributed by atoms with Gasteiger partial charge in [-0.2, -0.15) is 11.8 Å². The monoisotopic (exact) mass is 612 g/mol. The van der Waals surface area contributed by atoms with Crippen LogP contribution >= 0.6 is 11.8 Å². The van der Waals surface area contributed by atoms with Gasteiger partial charge in [-0.15, -0.1) is 0 Å². The van der Waals surface area contributed by atoms with Crippen molar-refractivity contribution in [3.63, 3.8) is 0 Å². The lowest BCUT2D eigenvalue weighted by molar-refractivity contribution is -0.128. The van der Waals surface area contributed by atoms with E-state index in [0.29, 0.717) is 30.9 Å². The summed E-state index contributed by atoms with van der Waals surface area (Å²) in [4.78, 5) is 26.9. The van der Waals surface area contributed by atoms with E-state index in [1.807, 2.05) is 39.0 Å². The van der Waals surface area contributed by atoms with Crippen LogP contribution in [0.25, 0.3) is 10.8 Å². The van der Waals surface area contributed by atoms with Crippen LogP contribution < -0.4 is 10.6 Å². The maximum atomic E-state index is 13.6. The Balaban J connectivity index is 1.65. The highest BCUT2D eigenvalue weighted by molar-refractivity contribution is 8.00. The molecule has 1 fully saturated rings. The minimum Gasteiger partial charge on any atom is -0.390 e. The van der Waals surface area contributed by atoms with Gasteiger partial charge in [0.15, 0.2) is 0 Å². The van der Waals surface area contributed by atoms with Crippen molar-refractivity contribution in [1.29, 1.82) is 0 Å². The lowest BCUT2D eigenvalue weighted by Crippen LogP contribution is -2.52. The number of aliphatic hydroxyl groups excluding tert-OH is 2. The van der Waals surface area contributed by atoms with E-state index in [-0.39, 0.29) is 34.9 Å². The number of aliphatic hydroxyl groups is 2. The number of hydrogen-bond acceptors (Lipinski definition) is 5. The molecule has 0 bridgehead atoms. The Labute approximate surface area is 264 Å². The zero-order chi connectivity index (χ0) is 31.6. The second-order valence-corrected chi connectivity index (χ2v) is 16.0. The molecule has 0 aromatic heterocycles. The topological polar surface area (TPSA) is 98.7 Å². The molecule has 1 saturated carbocycles. The van der Waals surface area contributed by atoms with E-state index >= 15 is 0 Å². The largest absolute Gasteiger partial charge is 0.390 e. The summed E-state index contributed by atoms with van der Waals surface area (Å²) in [7, 11) is 0. The molecule has 7 heteroatoms. The van der Waals surface area contributed by atoms with Gasteiger partial charge >= 0.3 is 0 Å². The number of nitrogens with one attached hydrogen (secondary N) is 2. The van der Waals surface area contributed by atoms with Crippen LogP contribution in [0.3, 0.4) is 0 Å². The van der Waals surface area contributed by atoms with Gasteiger partial charge in [0.05, 0.1) is 24.0 Å². The molecular weight excluding hydrogens is 556 g/mol. The van der Waals surface area contributed by atoms with Crippen molar-refractivity contribution in [3.05, 3.63) is 48.0 Å². The van der Waals surface area contributed by atoms with Gasteiger partial charge in [-0.25, -0.2) is 0 Å². The summed E-state index contributed by atoms with van der Waals surface area (Å²) >= 11 is 1.78. The van der Waals surface area contributed by atoms with E-state index in [1.54, 1.807) is 11.8 Å². The fourth-order valence-corrected chi connectivity index (χ4v) is 7.06. The molecular formula is C36H56N2O4S. The maximum Gasteiger partial charge on any atom is 0.224 e. The molecule has 0 aliphatic heterocycles. The molecule has 0 saturated heterocycles. The minimum atomic E-state index is -1.02. The third-order valence-electron chi connectivity index (χ3n) is 8.62. The number of fused-ring (bicyclic) bond motifs is 1. The van der Waals surface area contributed by atoms with Crippen molar-refractivity contribution in [3.8, 4) is 0 Å². The zero-order valence-corrected chi connectivity index (χ0v) is 28.1. The van der Waals surface area contributed by atoms with E-state index in [4.69, 9.17) is 0 Å². The van der Waals surface area contributed by atoms with E-state index in [1.165, 1.54) is 24.6 Å². The number of hydrogen-bond donors (Lipinski definition) is 4. The Hall–Kier alpha value is -2.09. The van der Waals surface area contributed by atoms with Crippen LogP contribution in [0.2, 0.25) is 0 Å². The Morgan fingerprint density at radius 1 is 0.953 bits per heavy atom. The quantitative estimate of drug-likeness (QED) is 0.184. The second kappa shape index (κ2) is 16.8. The van der Waals surface area contributed by atoms with Gasteiger partial charge in [-0.05, 0) is 47.4 Å². The summed E-state index contributed by atoms with van der Waals surface area (Å²) in [6.07, 6.45) is 5.63. The summed E-state index contributed by atoms with van der Waals surface area (Å²) in [6, 6.07) is 14.0. The molecule has 6 nitrogen and oxygen atoms in total. The first-order valence-electron chi connectivity index (χ1n) is 16.4. The first kappa shape index (κ1) is 35.4. The van der Waals surface area contributed by atoms with Crippen molar-refractivity contribution in [2.75, 3.05) is 12.3 Å². The Morgan fingerprint density at radius 3 is 2.30 bits per heavy atom. The van der Waals surface area contributed by atoms with Crippen molar-refractivity contribution in [2.24, 2.45) is 23.7 Å². The number of thioether (sulfide) groups is 1. The van der Waals surface area contributed by atoms with E-state index < -0.39 is 24.2 Å². The van der Waals surface area contributed by atoms with Crippen molar-refractivity contribution in [2.45, 2.75) is 116 Å². The molecule has 3 rings (SSSR count). The minimum absolute atomic E-state index is 0.0266. The fraction of sp³-hybridized carbons (Fsp3) is 0.667. The number of carbonyl (C=O) groups excluding carboxylic acids is 2. The van der Waals surface area contributed by atoms with Crippen LogP contribution in [0.4, 0.5) is 0 Å². The molecule has 0 spiro atoms. The molecule has 0 unspecified atom stereocenters. The van der Waals surface area contributed by atoms with Gasteiger partial charge in [-0.1, -0.05) is 116 Å². The number of carbonyl (C=O) groups is 2. The lowest BCUT2D eigenvalue weighted by atomic mass is 9.82. The standard InChI is InChI=1S/C36H56N2O4S/c1-24(2)19-32(39)33(40)31(20-26-13-8-7-9-14-26)38-34(41)25(3)22-37-35(42)29(23-43-36(4,5)6)21-28-17-12-16-27-15-10-11-18-30(27)28/h10-12,15-18,24-26,29,31-33,39-40H,7-9,13-14,19-23H2,1-6H3,(H,37,42)(H,38,41)/t25-,29-,31+,32+,33-/m1/s1. The van der Waals surface area contributed by atoms with Gasteiger partial charge in [-0.3, -0.25) is 9.59 Å². The van der Waals surface area contributed by atoms with E-state index in [2.05, 4.69) is 55.7 Å². The van der Waals surface area contributed by atoms with E-state index in [0.717, 1.165) is 23.8 Å². The number of rotatable bonds is 15. The van der Waals surface area contributed by atoms with Gasteiger partial charge in [0.1, 0.15) is 6.10 Å². The molecule has 4 N–H and O–H groups in total. The Kier molecular flexibility index (Phi) is 13.9. The Bertz CT molecular complexity index is 1150. The molecule has 2 amide bonds. The normalized spacial score (nSPS) is 18.2. The summed E-state index contributed by atoms with van der Waals surface area (Å²) in [5.41, 5.74) is 1.15. The van der Waals surface area contributed by atoms with Crippen LogP contribution in [-0.2, 0) is 16.0 Å². The average molecular weight is 613 g/mol. The second-order valence-electron chi connectivity index (χ2n) is 14.2. The smallest absolute Gasteiger partial charge is 0.224 e. The SMILES string of the molecule is CC(C)C[C@H](O)[C@H](O)[C@H](CC1CCCCC1)NC(=O)[C@H](C)CNC(=O)[C@@H](CSC(C)(C)C)Cc1cccc2ccccc12. The number of amides is 2. The lowest BCUT2D eigenvalue weighted by Gasteiger charge is -2.33. The molecule has 43 heavy (non-hydrogen) atoms. The highest BCUT2D eigenvalue weighted by Crippen LogP contribution is 2.30. The average Bonchev–Trinajstić information content (AvgIpc) is 2.96.